The number of alkyl halides is 1. The van der Waals surface area contributed by atoms with Gasteiger partial charge in [0.25, 0.3) is 0 Å². The minimum Gasteiger partial charge on any atom is -0.307 e. The Morgan fingerprint density at radius 3 is 2.96 bits per heavy atom. The molecular formula is C19H23ClF2N4OS. The maximum absolute atomic E-state index is 14.1. The average molecular weight is 429 g/mol. The summed E-state index contributed by atoms with van der Waals surface area (Å²) in [7, 11) is 0. The number of carbonyl (C=O) groups excluding carboxylic acids is 1. The van der Waals surface area contributed by atoms with Crippen molar-refractivity contribution in [1.82, 2.24) is 15.2 Å². The number of halogens is 3. The zero-order chi connectivity index (χ0) is 19.8. The molecule has 5 nitrogen and oxygen atoms in total. The molecule has 152 valence electrons. The van der Waals surface area contributed by atoms with Gasteiger partial charge in [-0.1, -0.05) is 36.4 Å². The number of rotatable bonds is 4. The van der Waals surface area contributed by atoms with E-state index in [0.29, 0.717) is 40.9 Å². The fourth-order valence-corrected chi connectivity index (χ4v) is 5.68. The Hall–Kier alpha value is -1.54. The highest BCUT2D eigenvalue weighted by Crippen LogP contribution is 2.40. The van der Waals surface area contributed by atoms with Gasteiger partial charge in [0, 0.05) is 28.9 Å². The van der Waals surface area contributed by atoms with Crippen molar-refractivity contribution >= 4 is 34.4 Å². The summed E-state index contributed by atoms with van der Waals surface area (Å²) in [6.07, 6.45) is 0.818. The summed E-state index contributed by atoms with van der Waals surface area (Å²) in [6, 6.07) is 4.55. The first-order valence-electron chi connectivity index (χ1n) is 9.63. The Morgan fingerprint density at radius 2 is 2.21 bits per heavy atom. The summed E-state index contributed by atoms with van der Waals surface area (Å²) in [5.41, 5.74) is 3.49. The van der Waals surface area contributed by atoms with E-state index in [1.165, 1.54) is 17.8 Å². The topological polar surface area (TPSA) is 47.9 Å². The van der Waals surface area contributed by atoms with Crippen LogP contribution in [0.1, 0.15) is 38.2 Å². The van der Waals surface area contributed by atoms with E-state index in [4.69, 9.17) is 11.6 Å². The van der Waals surface area contributed by atoms with Gasteiger partial charge >= 0.3 is 0 Å². The fourth-order valence-electron chi connectivity index (χ4n) is 4.30. The van der Waals surface area contributed by atoms with Gasteiger partial charge in [-0.2, -0.15) is 5.10 Å². The van der Waals surface area contributed by atoms with Gasteiger partial charge in [0.05, 0.1) is 5.92 Å². The van der Waals surface area contributed by atoms with E-state index in [2.05, 4.69) is 15.4 Å². The number of carbonyl (C=O) groups is 1. The van der Waals surface area contributed by atoms with Gasteiger partial charge in [-0.25, -0.2) is 8.78 Å². The molecule has 2 heterocycles. The third kappa shape index (κ3) is 3.45. The first kappa shape index (κ1) is 19.8. The van der Waals surface area contributed by atoms with Crippen LogP contribution in [0.5, 0.6) is 0 Å². The standard InChI is InChI=1S/C19H23ClF2N4OS/c1-2-8-25-17(27)12-9-11(21)6-7-16(12)26-18(25)23-24-19(26)28-10-13-14(20)4-3-5-15(13)22/h3-5,11-12,16,18,23H,2,6-10H2,1H3. The van der Waals surface area contributed by atoms with Crippen LogP contribution in [0.25, 0.3) is 0 Å². The first-order valence-corrected chi connectivity index (χ1v) is 11.0. The van der Waals surface area contributed by atoms with Crippen molar-refractivity contribution in [3.8, 4) is 0 Å². The second-order valence-corrected chi connectivity index (χ2v) is 8.76. The van der Waals surface area contributed by atoms with E-state index in [-0.39, 0.29) is 36.4 Å². The fraction of sp³-hybridized carbons (Fsp3) is 0.579. The van der Waals surface area contributed by atoms with Crippen molar-refractivity contribution in [3.63, 3.8) is 0 Å². The van der Waals surface area contributed by atoms with Gasteiger partial charge in [0.1, 0.15) is 12.0 Å². The molecule has 1 aromatic carbocycles. The lowest BCUT2D eigenvalue weighted by molar-refractivity contribution is -0.156. The minimum atomic E-state index is -0.939. The van der Waals surface area contributed by atoms with Gasteiger partial charge < -0.3 is 9.80 Å². The largest absolute Gasteiger partial charge is 0.307 e. The van der Waals surface area contributed by atoms with Crippen LogP contribution in [0.2, 0.25) is 5.02 Å². The van der Waals surface area contributed by atoms with Crippen LogP contribution in [0, 0.1) is 11.7 Å². The van der Waals surface area contributed by atoms with Gasteiger partial charge in [0.15, 0.2) is 11.5 Å². The maximum Gasteiger partial charge on any atom is 0.230 e. The van der Waals surface area contributed by atoms with E-state index in [1.54, 1.807) is 17.0 Å². The molecule has 1 aromatic rings. The Labute approximate surface area is 172 Å². The molecule has 2 aliphatic heterocycles. The molecule has 1 saturated carbocycles. The third-order valence-electron chi connectivity index (χ3n) is 5.63. The molecule has 4 atom stereocenters. The molecule has 3 aliphatic rings. The van der Waals surface area contributed by atoms with E-state index in [1.807, 2.05) is 6.92 Å². The number of hydrazone groups is 1. The quantitative estimate of drug-likeness (QED) is 0.789. The first-order chi connectivity index (χ1) is 13.5. The minimum absolute atomic E-state index is 0.00143. The molecule has 9 heteroatoms. The molecular weight excluding hydrogens is 406 g/mol. The second-order valence-electron chi connectivity index (χ2n) is 7.41. The molecule has 1 N–H and O–H groups in total. The smallest absolute Gasteiger partial charge is 0.230 e. The summed E-state index contributed by atoms with van der Waals surface area (Å²) in [5, 5.41) is 5.52. The van der Waals surface area contributed by atoms with Crippen LogP contribution in [0.4, 0.5) is 8.78 Å². The second kappa shape index (κ2) is 8.06. The Bertz CT molecular complexity index is 775. The summed E-state index contributed by atoms with van der Waals surface area (Å²) in [5.74, 6) is -0.378. The Balaban J connectivity index is 1.56. The lowest BCUT2D eigenvalue weighted by Crippen LogP contribution is -2.67. The van der Waals surface area contributed by atoms with E-state index in [0.717, 1.165) is 6.42 Å². The van der Waals surface area contributed by atoms with Crippen LogP contribution < -0.4 is 5.43 Å². The Kier molecular flexibility index (Phi) is 5.69. The SMILES string of the molecule is CCCN1C(=O)C2CC(F)CCC2N2C(SCc3c(F)cccc3Cl)=NNC12. The molecule has 0 radical (unpaired) electrons. The van der Waals surface area contributed by atoms with Crippen LogP contribution in [0.15, 0.2) is 23.3 Å². The van der Waals surface area contributed by atoms with Crippen molar-refractivity contribution in [2.75, 3.05) is 6.54 Å². The molecule has 1 saturated heterocycles. The summed E-state index contributed by atoms with van der Waals surface area (Å²) >= 11 is 7.53. The van der Waals surface area contributed by atoms with Crippen molar-refractivity contribution in [2.24, 2.45) is 11.0 Å². The maximum atomic E-state index is 14.1. The van der Waals surface area contributed by atoms with Crippen LogP contribution in [-0.2, 0) is 10.5 Å². The van der Waals surface area contributed by atoms with E-state index >= 15 is 0 Å². The normalized spacial score (nSPS) is 29.3. The molecule has 4 unspecified atom stereocenters. The number of amides is 1. The number of thioether (sulfide) groups is 1. The highest BCUT2D eigenvalue weighted by atomic mass is 35.5. The highest BCUT2D eigenvalue weighted by molar-refractivity contribution is 8.13. The number of hydrogen-bond donors (Lipinski definition) is 1. The van der Waals surface area contributed by atoms with Crippen LogP contribution >= 0.6 is 23.4 Å². The van der Waals surface area contributed by atoms with Crippen molar-refractivity contribution in [3.05, 3.63) is 34.6 Å². The summed E-state index contributed by atoms with van der Waals surface area (Å²) < 4.78 is 28.2. The lowest BCUT2D eigenvalue weighted by Gasteiger charge is -2.50. The number of hydrogen-bond acceptors (Lipinski definition) is 5. The van der Waals surface area contributed by atoms with Crippen LogP contribution in [0.3, 0.4) is 0 Å². The zero-order valence-electron chi connectivity index (χ0n) is 15.6. The lowest BCUT2D eigenvalue weighted by atomic mass is 9.80. The van der Waals surface area contributed by atoms with Gasteiger partial charge in [0.2, 0.25) is 5.91 Å². The number of nitrogens with one attached hydrogen (secondary N) is 1. The molecule has 4 rings (SSSR count). The Morgan fingerprint density at radius 1 is 1.39 bits per heavy atom. The van der Waals surface area contributed by atoms with E-state index < -0.39 is 6.17 Å². The van der Waals surface area contributed by atoms with Crippen molar-refractivity contribution in [2.45, 2.75) is 56.9 Å². The predicted molar refractivity (Wildman–Crippen MR) is 107 cm³/mol. The van der Waals surface area contributed by atoms with Crippen LogP contribution in [-0.4, -0.2) is 45.9 Å². The molecule has 1 aliphatic carbocycles. The summed E-state index contributed by atoms with van der Waals surface area (Å²) in [4.78, 5) is 16.8. The monoisotopic (exact) mass is 428 g/mol. The number of amidine groups is 1. The molecule has 1 amide bonds. The van der Waals surface area contributed by atoms with Crippen molar-refractivity contribution < 1.29 is 13.6 Å². The molecule has 0 spiro atoms. The molecule has 2 fully saturated rings. The van der Waals surface area contributed by atoms with Crippen molar-refractivity contribution in [1.29, 1.82) is 0 Å². The molecule has 0 aromatic heterocycles. The van der Waals surface area contributed by atoms with E-state index in [9.17, 15) is 13.6 Å². The molecule has 0 bridgehead atoms. The third-order valence-corrected chi connectivity index (χ3v) is 6.98. The summed E-state index contributed by atoms with van der Waals surface area (Å²) in [6.45, 7) is 2.59. The number of benzene rings is 1. The highest BCUT2D eigenvalue weighted by Gasteiger charge is 2.52. The molecule has 28 heavy (non-hydrogen) atoms. The van der Waals surface area contributed by atoms with Gasteiger partial charge in [-0.05, 0) is 37.8 Å². The van der Waals surface area contributed by atoms with Gasteiger partial charge in [-0.3, -0.25) is 10.2 Å². The number of fused-ring (bicyclic) bond motifs is 3. The average Bonchev–Trinajstić information content (AvgIpc) is 3.08. The zero-order valence-corrected chi connectivity index (χ0v) is 17.1. The predicted octanol–water partition coefficient (Wildman–Crippen LogP) is 3.93. The number of nitrogens with zero attached hydrogens (tertiary/aromatic N) is 3. The van der Waals surface area contributed by atoms with Gasteiger partial charge in [-0.15, -0.1) is 0 Å².